The Hall–Kier alpha value is -2.64. The van der Waals surface area contributed by atoms with Crippen LogP contribution in [0.4, 0.5) is 5.69 Å². The van der Waals surface area contributed by atoms with Gasteiger partial charge in [-0.25, -0.2) is 4.79 Å². The van der Waals surface area contributed by atoms with E-state index in [9.17, 15) is 9.59 Å². The Balaban J connectivity index is 1.86. The predicted octanol–water partition coefficient (Wildman–Crippen LogP) is 4.54. The summed E-state index contributed by atoms with van der Waals surface area (Å²) in [7, 11) is -0.670. The zero-order valence-electron chi connectivity index (χ0n) is 19.0. The van der Waals surface area contributed by atoms with E-state index >= 15 is 0 Å². The molecule has 7 heteroatoms. The number of hydrogen-bond acceptors (Lipinski definition) is 5. The molecule has 1 aliphatic heterocycles. The lowest BCUT2D eigenvalue weighted by Gasteiger charge is -2.45. The molecule has 3 rings (SSSR count). The number of benzene rings is 2. The minimum Gasteiger partial charge on any atom is -0.478 e. The number of carbonyl (C=O) groups excluding carboxylic acids is 2. The van der Waals surface area contributed by atoms with Crippen LogP contribution >= 0.6 is 0 Å². The molecule has 0 radical (unpaired) electrons. The fourth-order valence-corrected chi connectivity index (χ4v) is 4.13. The molecule has 1 aliphatic rings. The summed E-state index contributed by atoms with van der Waals surface area (Å²) in [5, 5.41) is 0.0672. The van der Waals surface area contributed by atoms with E-state index in [1.807, 2.05) is 42.5 Å². The van der Waals surface area contributed by atoms with E-state index < -0.39 is 26.4 Å². The van der Waals surface area contributed by atoms with Crippen molar-refractivity contribution in [1.82, 2.24) is 0 Å². The zero-order valence-corrected chi connectivity index (χ0v) is 20.0. The molecule has 1 fully saturated rings. The van der Waals surface area contributed by atoms with Crippen LogP contribution in [0.2, 0.25) is 18.1 Å². The van der Waals surface area contributed by atoms with Gasteiger partial charge in [-0.3, -0.25) is 9.69 Å². The van der Waals surface area contributed by atoms with Crippen LogP contribution in [0.15, 0.2) is 54.6 Å². The van der Waals surface area contributed by atoms with Crippen molar-refractivity contribution in [2.24, 2.45) is 0 Å². The molecule has 166 valence electrons. The second-order valence-electron chi connectivity index (χ2n) is 9.21. The van der Waals surface area contributed by atoms with E-state index in [0.29, 0.717) is 18.0 Å². The highest BCUT2D eigenvalue weighted by atomic mass is 28.4. The molecule has 31 heavy (non-hydrogen) atoms. The number of amides is 1. The van der Waals surface area contributed by atoms with Gasteiger partial charge in [0.15, 0.2) is 14.4 Å². The van der Waals surface area contributed by atoms with Gasteiger partial charge in [-0.2, -0.15) is 0 Å². The van der Waals surface area contributed by atoms with Crippen molar-refractivity contribution < 1.29 is 23.5 Å². The Kier molecular flexibility index (Phi) is 6.57. The van der Waals surface area contributed by atoms with Crippen LogP contribution in [0, 0.1) is 0 Å². The zero-order chi connectivity index (χ0) is 22.8. The van der Waals surface area contributed by atoms with Crippen molar-refractivity contribution in [2.45, 2.75) is 57.7 Å². The molecule has 1 saturated heterocycles. The van der Waals surface area contributed by atoms with Crippen LogP contribution in [-0.4, -0.2) is 39.4 Å². The Morgan fingerprint density at radius 3 is 2.26 bits per heavy atom. The maximum absolute atomic E-state index is 13.1. The molecular formula is C24H31NO5Si. The first-order valence-corrected chi connectivity index (χ1v) is 13.3. The molecule has 6 nitrogen and oxygen atoms in total. The van der Waals surface area contributed by atoms with E-state index in [2.05, 4.69) is 33.9 Å². The van der Waals surface area contributed by atoms with Gasteiger partial charge in [0.25, 0.3) is 5.91 Å². The molecule has 2 atom stereocenters. The van der Waals surface area contributed by atoms with Gasteiger partial charge in [-0.1, -0.05) is 57.2 Å². The standard InChI is InChI=1S/C24H31NO5Si/c1-24(2,3)31(5,6)29-16-17-12-10-11-15-19(17)25-20(23(27)28-4)21(22(25)26)30-18-13-8-7-9-14-18/h7-15,20-21H,16H2,1-6H3/t20-,21+/m0/s1. The molecule has 0 N–H and O–H groups in total. The minimum absolute atomic E-state index is 0.0672. The molecular weight excluding hydrogens is 410 g/mol. The first-order chi connectivity index (χ1) is 14.6. The summed E-state index contributed by atoms with van der Waals surface area (Å²) >= 11 is 0. The maximum Gasteiger partial charge on any atom is 0.333 e. The first-order valence-electron chi connectivity index (χ1n) is 10.4. The molecule has 0 aromatic heterocycles. The van der Waals surface area contributed by atoms with Crippen molar-refractivity contribution in [1.29, 1.82) is 0 Å². The van der Waals surface area contributed by atoms with Crippen LogP contribution in [0.1, 0.15) is 26.3 Å². The van der Waals surface area contributed by atoms with Gasteiger partial charge in [0.1, 0.15) is 5.75 Å². The second kappa shape index (κ2) is 8.84. The number of para-hydroxylation sites is 2. The average molecular weight is 442 g/mol. The third-order valence-electron chi connectivity index (χ3n) is 6.14. The normalized spacial score (nSPS) is 19.0. The number of β-lactam (4-membered cyclic amide) rings is 1. The molecule has 0 bridgehead atoms. The Morgan fingerprint density at radius 1 is 1.03 bits per heavy atom. The lowest BCUT2D eigenvalue weighted by molar-refractivity contribution is -0.154. The Bertz CT molecular complexity index is 938. The summed E-state index contributed by atoms with van der Waals surface area (Å²) in [6.07, 6.45) is -0.927. The summed E-state index contributed by atoms with van der Waals surface area (Å²) < 4.78 is 17.2. The topological polar surface area (TPSA) is 65.1 Å². The third-order valence-corrected chi connectivity index (χ3v) is 10.6. The highest BCUT2D eigenvalue weighted by molar-refractivity contribution is 6.74. The molecule has 2 aromatic carbocycles. The lowest BCUT2D eigenvalue weighted by atomic mass is 9.95. The van der Waals surface area contributed by atoms with E-state index in [0.717, 1.165) is 5.56 Å². The SMILES string of the molecule is COC(=O)[C@@H]1[C@@H](Oc2ccccc2)C(=O)N1c1ccccc1CO[Si](C)(C)C(C)(C)C. The summed E-state index contributed by atoms with van der Waals surface area (Å²) in [6.45, 7) is 11.3. The predicted molar refractivity (Wildman–Crippen MR) is 123 cm³/mol. The number of methoxy groups -OCH3 is 1. The molecule has 0 aliphatic carbocycles. The molecule has 1 heterocycles. The largest absolute Gasteiger partial charge is 0.478 e. The van der Waals surface area contributed by atoms with Gasteiger partial charge in [-0.15, -0.1) is 0 Å². The summed E-state index contributed by atoms with van der Waals surface area (Å²) in [4.78, 5) is 27.1. The number of carbonyl (C=O) groups is 2. The van der Waals surface area contributed by atoms with E-state index in [1.54, 1.807) is 12.1 Å². The first kappa shape index (κ1) is 23.0. The summed E-state index contributed by atoms with van der Waals surface area (Å²) in [5.41, 5.74) is 1.50. The van der Waals surface area contributed by atoms with Gasteiger partial charge in [0, 0.05) is 5.56 Å². The van der Waals surface area contributed by atoms with Crippen molar-refractivity contribution in [3.8, 4) is 5.75 Å². The van der Waals surface area contributed by atoms with Gasteiger partial charge < -0.3 is 13.9 Å². The number of nitrogens with zero attached hydrogens (tertiary/aromatic N) is 1. The van der Waals surface area contributed by atoms with Crippen LogP contribution in [0.5, 0.6) is 5.75 Å². The highest BCUT2D eigenvalue weighted by Gasteiger charge is 2.55. The van der Waals surface area contributed by atoms with Gasteiger partial charge in [0.2, 0.25) is 6.10 Å². The Morgan fingerprint density at radius 2 is 1.65 bits per heavy atom. The summed E-state index contributed by atoms with van der Waals surface area (Å²) in [6, 6.07) is 15.7. The van der Waals surface area contributed by atoms with Gasteiger partial charge >= 0.3 is 5.97 Å². The van der Waals surface area contributed by atoms with Crippen LogP contribution in [0.25, 0.3) is 0 Å². The van der Waals surface area contributed by atoms with Gasteiger partial charge in [-0.05, 0) is 36.3 Å². The molecule has 0 unspecified atom stereocenters. The van der Waals surface area contributed by atoms with Crippen molar-refractivity contribution >= 4 is 25.9 Å². The fourth-order valence-electron chi connectivity index (χ4n) is 3.18. The molecule has 2 aromatic rings. The highest BCUT2D eigenvalue weighted by Crippen LogP contribution is 2.39. The minimum atomic E-state index is -1.98. The Labute approximate surface area is 185 Å². The monoisotopic (exact) mass is 441 g/mol. The fraction of sp³-hybridized carbons (Fsp3) is 0.417. The summed E-state index contributed by atoms with van der Waals surface area (Å²) in [5.74, 6) is -0.261. The quantitative estimate of drug-likeness (QED) is 0.358. The van der Waals surface area contributed by atoms with E-state index in [4.69, 9.17) is 13.9 Å². The van der Waals surface area contributed by atoms with Crippen molar-refractivity contribution in [2.75, 3.05) is 12.0 Å². The molecule has 0 saturated carbocycles. The van der Waals surface area contributed by atoms with Crippen molar-refractivity contribution in [3.05, 3.63) is 60.2 Å². The van der Waals surface area contributed by atoms with Crippen LogP contribution in [-0.2, 0) is 25.4 Å². The van der Waals surface area contributed by atoms with E-state index in [-0.39, 0.29) is 10.9 Å². The second-order valence-corrected chi connectivity index (χ2v) is 14.0. The number of esters is 1. The smallest absolute Gasteiger partial charge is 0.333 e. The number of ether oxygens (including phenoxy) is 2. The molecule has 0 spiro atoms. The molecule has 1 amide bonds. The third kappa shape index (κ3) is 4.67. The van der Waals surface area contributed by atoms with E-state index in [1.165, 1.54) is 12.0 Å². The number of hydrogen-bond donors (Lipinski definition) is 0. The number of rotatable bonds is 7. The van der Waals surface area contributed by atoms with Crippen LogP contribution < -0.4 is 9.64 Å². The average Bonchev–Trinajstić information content (AvgIpc) is 2.74. The lowest BCUT2D eigenvalue weighted by Crippen LogP contribution is -2.70. The number of anilines is 1. The van der Waals surface area contributed by atoms with Crippen molar-refractivity contribution in [3.63, 3.8) is 0 Å². The maximum atomic E-state index is 13.1. The van der Waals surface area contributed by atoms with Crippen LogP contribution in [0.3, 0.4) is 0 Å². The van der Waals surface area contributed by atoms with Gasteiger partial charge in [0.05, 0.1) is 19.4 Å².